The van der Waals surface area contributed by atoms with Crippen molar-refractivity contribution in [2.75, 3.05) is 31.6 Å². The normalized spacial score (nSPS) is 24.9. The third kappa shape index (κ3) is 3.44. The van der Waals surface area contributed by atoms with Crippen LogP contribution >= 0.6 is 11.8 Å². The van der Waals surface area contributed by atoms with Crippen LogP contribution in [0.5, 0.6) is 0 Å². The molecule has 3 heteroatoms. The van der Waals surface area contributed by atoms with E-state index in [1.165, 1.54) is 24.5 Å². The Labute approximate surface area is 92.6 Å². The zero-order valence-electron chi connectivity index (χ0n) is 9.70. The second-order valence-electron chi connectivity index (χ2n) is 4.70. The van der Waals surface area contributed by atoms with E-state index in [-0.39, 0.29) is 0 Å². The summed E-state index contributed by atoms with van der Waals surface area (Å²) in [6.07, 6.45) is 1.36. The fourth-order valence-corrected chi connectivity index (χ4v) is 3.24. The zero-order valence-corrected chi connectivity index (χ0v) is 10.5. The van der Waals surface area contributed by atoms with E-state index in [4.69, 9.17) is 5.73 Å². The maximum Gasteiger partial charge on any atom is 0.0191 e. The third-order valence-corrected chi connectivity index (χ3v) is 4.44. The topological polar surface area (TPSA) is 29.3 Å². The van der Waals surface area contributed by atoms with E-state index in [9.17, 15) is 0 Å². The van der Waals surface area contributed by atoms with Gasteiger partial charge < -0.3 is 10.6 Å². The maximum absolute atomic E-state index is 5.79. The van der Waals surface area contributed by atoms with Gasteiger partial charge in [-0.25, -0.2) is 0 Å². The molecule has 1 fully saturated rings. The molecule has 2 N–H and O–H groups in total. The molecule has 0 spiro atoms. The first kappa shape index (κ1) is 12.3. The van der Waals surface area contributed by atoms with Crippen LogP contribution in [-0.2, 0) is 0 Å². The number of nitrogens with two attached hydrogens (primary N) is 1. The first-order valence-corrected chi connectivity index (χ1v) is 6.78. The van der Waals surface area contributed by atoms with Gasteiger partial charge in [-0.2, -0.15) is 11.8 Å². The molecule has 0 bridgehead atoms. The van der Waals surface area contributed by atoms with Crippen molar-refractivity contribution in [1.29, 1.82) is 0 Å². The molecule has 0 amide bonds. The maximum atomic E-state index is 5.79. The molecule has 14 heavy (non-hydrogen) atoms. The van der Waals surface area contributed by atoms with Gasteiger partial charge in [0.2, 0.25) is 0 Å². The lowest BCUT2D eigenvalue weighted by molar-refractivity contribution is 0.197. The molecule has 0 aliphatic carbocycles. The summed E-state index contributed by atoms with van der Waals surface area (Å²) in [5.74, 6) is 4.01. The quantitative estimate of drug-likeness (QED) is 0.758. The molecule has 1 rings (SSSR count). The van der Waals surface area contributed by atoms with E-state index in [0.717, 1.165) is 12.6 Å². The lowest BCUT2D eigenvalue weighted by atomic mass is 9.95. The number of hydrogen-bond donors (Lipinski definition) is 1. The number of nitrogens with zero attached hydrogens (tertiary/aromatic N) is 1. The smallest absolute Gasteiger partial charge is 0.0191 e. The summed E-state index contributed by atoms with van der Waals surface area (Å²) in [5.41, 5.74) is 5.79. The molecule has 2 unspecified atom stereocenters. The van der Waals surface area contributed by atoms with Gasteiger partial charge >= 0.3 is 0 Å². The number of thioether (sulfide) groups is 1. The predicted molar refractivity (Wildman–Crippen MR) is 65.7 cm³/mol. The van der Waals surface area contributed by atoms with E-state index >= 15 is 0 Å². The van der Waals surface area contributed by atoms with Crippen molar-refractivity contribution in [2.45, 2.75) is 26.3 Å². The van der Waals surface area contributed by atoms with Crippen molar-refractivity contribution >= 4 is 11.8 Å². The molecule has 1 aliphatic heterocycles. The molecule has 1 aliphatic rings. The van der Waals surface area contributed by atoms with Crippen LogP contribution in [0.25, 0.3) is 0 Å². The minimum Gasteiger partial charge on any atom is -0.330 e. The predicted octanol–water partition coefficient (Wildman–Crippen LogP) is 1.65. The summed E-state index contributed by atoms with van der Waals surface area (Å²) >= 11 is 2.08. The summed E-state index contributed by atoms with van der Waals surface area (Å²) in [5, 5.41) is 0. The van der Waals surface area contributed by atoms with Crippen molar-refractivity contribution < 1.29 is 0 Å². The van der Waals surface area contributed by atoms with E-state index in [0.29, 0.717) is 11.8 Å². The summed E-state index contributed by atoms with van der Waals surface area (Å²) < 4.78 is 0. The van der Waals surface area contributed by atoms with Crippen LogP contribution in [0.4, 0.5) is 0 Å². The molecule has 0 aromatic heterocycles. The molecular formula is C11H24N2S. The second kappa shape index (κ2) is 5.99. The van der Waals surface area contributed by atoms with Crippen LogP contribution in [0.15, 0.2) is 0 Å². The first-order chi connectivity index (χ1) is 6.65. The van der Waals surface area contributed by atoms with Crippen LogP contribution in [0.2, 0.25) is 0 Å². The minimum absolute atomic E-state index is 0.658. The summed E-state index contributed by atoms with van der Waals surface area (Å²) in [6, 6.07) is 0.799. The van der Waals surface area contributed by atoms with Crippen LogP contribution < -0.4 is 5.73 Å². The molecule has 0 aromatic rings. The van der Waals surface area contributed by atoms with Crippen LogP contribution in [-0.4, -0.2) is 42.6 Å². The summed E-state index contributed by atoms with van der Waals surface area (Å²) in [6.45, 7) is 6.53. The third-order valence-electron chi connectivity index (χ3n) is 3.30. The largest absolute Gasteiger partial charge is 0.330 e. The van der Waals surface area contributed by atoms with Gasteiger partial charge in [0.1, 0.15) is 0 Å². The highest BCUT2D eigenvalue weighted by molar-refractivity contribution is 7.99. The van der Waals surface area contributed by atoms with E-state index < -0.39 is 0 Å². The standard InChI is InChI=1S/C11H24N2S/c1-9(2)10(6-12)7-13(3)11-4-5-14-8-11/h9-11H,4-8,12H2,1-3H3. The Morgan fingerprint density at radius 1 is 1.50 bits per heavy atom. The Morgan fingerprint density at radius 3 is 2.64 bits per heavy atom. The average Bonchev–Trinajstić information content (AvgIpc) is 2.65. The highest BCUT2D eigenvalue weighted by atomic mass is 32.2. The van der Waals surface area contributed by atoms with Crippen molar-refractivity contribution in [3.05, 3.63) is 0 Å². The minimum atomic E-state index is 0.658. The molecule has 1 saturated heterocycles. The van der Waals surface area contributed by atoms with Crippen molar-refractivity contribution in [3.8, 4) is 0 Å². The van der Waals surface area contributed by atoms with Crippen molar-refractivity contribution in [3.63, 3.8) is 0 Å². The van der Waals surface area contributed by atoms with Crippen molar-refractivity contribution in [1.82, 2.24) is 4.90 Å². The Hall–Kier alpha value is 0.270. The summed E-state index contributed by atoms with van der Waals surface area (Å²) in [7, 11) is 2.25. The average molecular weight is 216 g/mol. The molecule has 1 heterocycles. The highest BCUT2D eigenvalue weighted by Gasteiger charge is 2.22. The monoisotopic (exact) mass is 216 g/mol. The van der Waals surface area contributed by atoms with Gasteiger partial charge in [-0.15, -0.1) is 0 Å². The summed E-state index contributed by atoms with van der Waals surface area (Å²) in [4.78, 5) is 2.51. The second-order valence-corrected chi connectivity index (χ2v) is 5.85. The van der Waals surface area contributed by atoms with Gasteiger partial charge in [0.05, 0.1) is 0 Å². The molecule has 2 nitrogen and oxygen atoms in total. The Bertz CT molecular complexity index is 155. The molecule has 84 valence electrons. The van der Waals surface area contributed by atoms with Gasteiger partial charge in [-0.1, -0.05) is 13.8 Å². The molecule has 0 aromatic carbocycles. The molecular weight excluding hydrogens is 192 g/mol. The highest BCUT2D eigenvalue weighted by Crippen LogP contribution is 2.22. The lowest BCUT2D eigenvalue weighted by Gasteiger charge is -2.29. The fourth-order valence-electron chi connectivity index (χ4n) is 1.95. The van der Waals surface area contributed by atoms with Gasteiger partial charge in [0.25, 0.3) is 0 Å². The zero-order chi connectivity index (χ0) is 10.6. The first-order valence-electron chi connectivity index (χ1n) is 5.63. The Balaban J connectivity index is 2.33. The van der Waals surface area contributed by atoms with Gasteiger partial charge in [-0.05, 0) is 37.6 Å². The number of rotatable bonds is 5. The number of hydrogen-bond acceptors (Lipinski definition) is 3. The molecule has 0 radical (unpaired) electrons. The fraction of sp³-hybridized carbons (Fsp3) is 1.00. The Kier molecular flexibility index (Phi) is 5.28. The van der Waals surface area contributed by atoms with E-state index in [1.54, 1.807) is 0 Å². The van der Waals surface area contributed by atoms with Gasteiger partial charge in [0.15, 0.2) is 0 Å². The van der Waals surface area contributed by atoms with Crippen LogP contribution in [0.1, 0.15) is 20.3 Å². The lowest BCUT2D eigenvalue weighted by Crippen LogP contribution is -2.39. The van der Waals surface area contributed by atoms with E-state index in [2.05, 4.69) is 37.6 Å². The van der Waals surface area contributed by atoms with Crippen LogP contribution in [0, 0.1) is 11.8 Å². The van der Waals surface area contributed by atoms with Gasteiger partial charge in [-0.3, -0.25) is 0 Å². The van der Waals surface area contributed by atoms with Gasteiger partial charge in [0, 0.05) is 18.3 Å². The Morgan fingerprint density at radius 2 is 2.21 bits per heavy atom. The van der Waals surface area contributed by atoms with Crippen LogP contribution in [0.3, 0.4) is 0 Å². The molecule has 2 atom stereocenters. The SMILES string of the molecule is CC(C)C(CN)CN(C)C1CCSC1. The molecule has 0 saturated carbocycles. The van der Waals surface area contributed by atoms with Crippen molar-refractivity contribution in [2.24, 2.45) is 17.6 Å². The van der Waals surface area contributed by atoms with E-state index in [1.807, 2.05) is 0 Å².